The maximum Gasteiger partial charge on any atom is 0.219 e. The molecule has 1 unspecified atom stereocenters. The summed E-state index contributed by atoms with van der Waals surface area (Å²) in [6, 6.07) is 10.1. The number of nitrogens with zero attached hydrogens (tertiary/aromatic N) is 6. The fraction of sp³-hybridized carbons (Fsp3) is 0.455. The Kier molecular flexibility index (Phi) is 5.47. The number of amides is 1. The molecule has 0 saturated carbocycles. The number of rotatable bonds is 5. The van der Waals surface area contributed by atoms with Crippen molar-refractivity contribution in [2.75, 3.05) is 31.1 Å². The van der Waals surface area contributed by atoms with Gasteiger partial charge in [-0.25, -0.2) is 14.6 Å². The maximum atomic E-state index is 11.7. The van der Waals surface area contributed by atoms with Gasteiger partial charge in [-0.3, -0.25) is 4.79 Å². The minimum Gasteiger partial charge on any atom is -0.352 e. The van der Waals surface area contributed by atoms with Crippen LogP contribution in [0.1, 0.15) is 45.4 Å². The summed E-state index contributed by atoms with van der Waals surface area (Å²) in [4.78, 5) is 25.8. The molecule has 1 aliphatic heterocycles. The van der Waals surface area contributed by atoms with Gasteiger partial charge in [-0.1, -0.05) is 38.5 Å². The third kappa shape index (κ3) is 3.81. The molecule has 3 heterocycles. The molecule has 152 valence electrons. The number of carbonyl (C=O) groups is 1. The lowest BCUT2D eigenvalue weighted by Gasteiger charge is -2.35. The van der Waals surface area contributed by atoms with Crippen LogP contribution in [0.25, 0.3) is 16.7 Å². The van der Waals surface area contributed by atoms with Gasteiger partial charge in [0.1, 0.15) is 11.6 Å². The first-order valence-corrected chi connectivity index (χ1v) is 10.4. The summed E-state index contributed by atoms with van der Waals surface area (Å²) in [5.41, 5.74) is 1.83. The average molecular weight is 393 g/mol. The van der Waals surface area contributed by atoms with Crippen molar-refractivity contribution in [3.63, 3.8) is 0 Å². The molecule has 3 aromatic rings. The van der Waals surface area contributed by atoms with Crippen LogP contribution in [0.3, 0.4) is 0 Å². The molecule has 1 atom stereocenters. The molecule has 29 heavy (non-hydrogen) atoms. The Morgan fingerprint density at radius 2 is 1.83 bits per heavy atom. The van der Waals surface area contributed by atoms with E-state index in [-0.39, 0.29) is 11.8 Å². The van der Waals surface area contributed by atoms with Crippen molar-refractivity contribution in [3.05, 3.63) is 42.4 Å². The zero-order chi connectivity index (χ0) is 20.4. The number of piperazine rings is 1. The number of benzene rings is 1. The molecule has 1 amide bonds. The van der Waals surface area contributed by atoms with Gasteiger partial charge in [-0.2, -0.15) is 5.10 Å². The van der Waals surface area contributed by atoms with Gasteiger partial charge in [0.25, 0.3) is 0 Å². The van der Waals surface area contributed by atoms with Gasteiger partial charge in [0.2, 0.25) is 5.91 Å². The minimum atomic E-state index is 0.131. The lowest BCUT2D eigenvalue weighted by atomic mass is 10.1. The Bertz CT molecular complexity index is 991. The van der Waals surface area contributed by atoms with E-state index in [0.717, 1.165) is 54.3 Å². The second kappa shape index (κ2) is 8.19. The molecular weight excluding hydrogens is 364 g/mol. The second-order valence-corrected chi connectivity index (χ2v) is 7.72. The lowest BCUT2D eigenvalue weighted by Crippen LogP contribution is -2.48. The molecule has 0 N–H and O–H groups in total. The van der Waals surface area contributed by atoms with Gasteiger partial charge < -0.3 is 9.80 Å². The van der Waals surface area contributed by atoms with E-state index in [1.54, 1.807) is 6.92 Å². The first-order chi connectivity index (χ1) is 14.1. The van der Waals surface area contributed by atoms with E-state index in [1.165, 1.54) is 0 Å². The summed E-state index contributed by atoms with van der Waals surface area (Å²) in [5, 5.41) is 5.59. The van der Waals surface area contributed by atoms with Crippen LogP contribution in [-0.4, -0.2) is 56.7 Å². The number of fused-ring (bicyclic) bond motifs is 1. The lowest BCUT2D eigenvalue weighted by molar-refractivity contribution is -0.129. The zero-order valence-electron chi connectivity index (χ0n) is 17.4. The van der Waals surface area contributed by atoms with Crippen LogP contribution >= 0.6 is 0 Å². The van der Waals surface area contributed by atoms with Crippen LogP contribution < -0.4 is 4.90 Å². The smallest absolute Gasteiger partial charge is 0.219 e. The van der Waals surface area contributed by atoms with Crippen LogP contribution in [0.15, 0.2) is 36.5 Å². The van der Waals surface area contributed by atoms with Crippen LogP contribution in [0.4, 0.5) is 5.82 Å². The van der Waals surface area contributed by atoms with Crippen molar-refractivity contribution in [2.45, 2.75) is 39.5 Å². The van der Waals surface area contributed by atoms with Crippen LogP contribution in [0.5, 0.6) is 0 Å². The molecule has 0 spiro atoms. The van der Waals surface area contributed by atoms with Crippen molar-refractivity contribution < 1.29 is 4.79 Å². The van der Waals surface area contributed by atoms with Crippen LogP contribution in [-0.2, 0) is 4.79 Å². The fourth-order valence-corrected chi connectivity index (χ4v) is 3.92. The largest absolute Gasteiger partial charge is 0.352 e. The number of hydrogen-bond donors (Lipinski definition) is 0. The second-order valence-electron chi connectivity index (χ2n) is 7.72. The molecule has 0 radical (unpaired) electrons. The normalized spacial score (nSPS) is 15.7. The third-order valence-electron chi connectivity index (χ3n) is 5.61. The van der Waals surface area contributed by atoms with E-state index in [0.29, 0.717) is 13.1 Å². The van der Waals surface area contributed by atoms with Gasteiger partial charge in [0.15, 0.2) is 5.65 Å². The number of hydrogen-bond acceptors (Lipinski definition) is 5. The van der Waals surface area contributed by atoms with E-state index < -0.39 is 0 Å². The molecule has 7 nitrogen and oxygen atoms in total. The molecule has 0 bridgehead atoms. The van der Waals surface area contributed by atoms with Gasteiger partial charge in [-0.05, 0) is 18.6 Å². The Hall–Kier alpha value is -2.96. The highest BCUT2D eigenvalue weighted by Gasteiger charge is 2.24. The predicted octanol–water partition coefficient (Wildman–Crippen LogP) is 3.39. The molecule has 1 saturated heterocycles. The monoisotopic (exact) mass is 392 g/mol. The van der Waals surface area contributed by atoms with Crippen molar-refractivity contribution in [2.24, 2.45) is 0 Å². The first kappa shape index (κ1) is 19.4. The van der Waals surface area contributed by atoms with E-state index in [4.69, 9.17) is 9.97 Å². The Balaban J connectivity index is 1.78. The van der Waals surface area contributed by atoms with Crippen LogP contribution in [0, 0.1) is 0 Å². The highest BCUT2D eigenvalue weighted by atomic mass is 16.2. The summed E-state index contributed by atoms with van der Waals surface area (Å²) < 4.78 is 1.90. The quantitative estimate of drug-likeness (QED) is 0.666. The van der Waals surface area contributed by atoms with Gasteiger partial charge >= 0.3 is 0 Å². The first-order valence-electron chi connectivity index (χ1n) is 10.4. The molecule has 2 aromatic heterocycles. The van der Waals surface area contributed by atoms with Gasteiger partial charge in [0.05, 0.1) is 17.3 Å². The van der Waals surface area contributed by atoms with E-state index in [2.05, 4.69) is 23.8 Å². The zero-order valence-corrected chi connectivity index (χ0v) is 17.4. The molecule has 4 rings (SSSR count). The summed E-state index contributed by atoms with van der Waals surface area (Å²) >= 11 is 0. The number of aromatic nitrogens is 4. The van der Waals surface area contributed by atoms with Crippen LogP contribution in [0.2, 0.25) is 0 Å². The third-order valence-corrected chi connectivity index (χ3v) is 5.61. The minimum absolute atomic E-state index is 0.131. The highest BCUT2D eigenvalue weighted by molar-refractivity contribution is 5.88. The fourth-order valence-electron chi connectivity index (χ4n) is 3.92. The maximum absolute atomic E-state index is 11.7. The number of para-hydroxylation sites is 1. The molecule has 7 heteroatoms. The van der Waals surface area contributed by atoms with Gasteiger partial charge in [-0.15, -0.1) is 0 Å². The van der Waals surface area contributed by atoms with Crippen molar-refractivity contribution in [1.82, 2.24) is 24.6 Å². The Morgan fingerprint density at radius 3 is 2.48 bits per heavy atom. The summed E-state index contributed by atoms with van der Waals surface area (Å²) in [6.45, 7) is 8.97. The van der Waals surface area contributed by atoms with E-state index in [9.17, 15) is 4.79 Å². The molecule has 1 aromatic carbocycles. The predicted molar refractivity (Wildman–Crippen MR) is 114 cm³/mol. The number of anilines is 1. The number of carbonyl (C=O) groups excluding carboxylic acids is 1. The summed E-state index contributed by atoms with van der Waals surface area (Å²) in [5.74, 6) is 2.20. The molecular formula is C22H28N6O. The van der Waals surface area contributed by atoms with Crippen molar-refractivity contribution in [1.29, 1.82) is 0 Å². The highest BCUT2D eigenvalue weighted by Crippen LogP contribution is 2.29. The standard InChI is InChI=1S/C22H28N6O/c1-4-8-16(2)20-24-21(27-13-11-26(12-14-27)17(3)29)19-15-23-28(22(19)25-20)18-9-6-5-7-10-18/h5-7,9-10,15-16H,4,8,11-14H2,1-3H3. The SMILES string of the molecule is CCCC(C)c1nc(N2CCN(C(C)=O)CC2)c2cnn(-c3ccccc3)c2n1. The molecule has 0 aliphatic carbocycles. The van der Waals surface area contributed by atoms with E-state index in [1.807, 2.05) is 46.1 Å². The topological polar surface area (TPSA) is 67.2 Å². The average Bonchev–Trinajstić information content (AvgIpc) is 3.18. The summed E-state index contributed by atoms with van der Waals surface area (Å²) in [7, 11) is 0. The van der Waals surface area contributed by atoms with Gasteiger partial charge in [0, 0.05) is 39.0 Å². The summed E-state index contributed by atoms with van der Waals surface area (Å²) in [6.07, 6.45) is 4.00. The Labute approximate surface area is 171 Å². The van der Waals surface area contributed by atoms with Crippen molar-refractivity contribution >= 4 is 22.8 Å². The molecule has 1 fully saturated rings. The molecule has 1 aliphatic rings. The van der Waals surface area contributed by atoms with E-state index >= 15 is 0 Å². The van der Waals surface area contributed by atoms with Crippen molar-refractivity contribution in [3.8, 4) is 5.69 Å². The Morgan fingerprint density at radius 1 is 1.10 bits per heavy atom.